The zero-order valence-corrected chi connectivity index (χ0v) is 12.5. The lowest BCUT2D eigenvalue weighted by atomic mass is 9.78. The number of hydrogen-bond donors (Lipinski definition) is 2. The summed E-state index contributed by atoms with van der Waals surface area (Å²) in [6.07, 6.45) is -2.24. The van der Waals surface area contributed by atoms with Gasteiger partial charge in [-0.3, -0.25) is 4.79 Å². The maximum Gasteiger partial charge on any atom is 0.314 e. The van der Waals surface area contributed by atoms with Gasteiger partial charge < -0.3 is 14.9 Å². The number of aliphatic hydroxyl groups excluding tert-OH is 2. The first kappa shape index (κ1) is 16.7. The molecule has 4 nitrogen and oxygen atoms in total. The number of carbonyl (C=O) groups excluding carboxylic acids is 1. The average molecular weight is 280 g/mol. The van der Waals surface area contributed by atoms with E-state index in [4.69, 9.17) is 4.74 Å². The number of aliphatic hydroxyl groups is 2. The van der Waals surface area contributed by atoms with Gasteiger partial charge in [0, 0.05) is 5.92 Å². The minimum atomic E-state index is -1.20. The molecule has 0 amide bonds. The van der Waals surface area contributed by atoms with Gasteiger partial charge in [-0.1, -0.05) is 37.3 Å². The summed E-state index contributed by atoms with van der Waals surface area (Å²) < 4.78 is 4.95. The normalized spacial score (nSPS) is 16.3. The summed E-state index contributed by atoms with van der Waals surface area (Å²) in [5.74, 6) is -0.785. The van der Waals surface area contributed by atoms with Crippen molar-refractivity contribution in [3.63, 3.8) is 0 Å². The Hall–Kier alpha value is -1.39. The zero-order valence-electron chi connectivity index (χ0n) is 12.5. The molecule has 1 rings (SSSR count). The fourth-order valence-corrected chi connectivity index (χ4v) is 2.09. The van der Waals surface area contributed by atoms with E-state index in [0.717, 1.165) is 5.56 Å². The van der Waals surface area contributed by atoms with Crippen LogP contribution in [-0.4, -0.2) is 35.0 Å². The van der Waals surface area contributed by atoms with E-state index < -0.39 is 23.6 Å². The van der Waals surface area contributed by atoms with Crippen molar-refractivity contribution < 1.29 is 19.7 Å². The lowest BCUT2D eigenvalue weighted by Crippen LogP contribution is -2.47. The molecule has 0 saturated carbocycles. The molecule has 0 fully saturated rings. The second kappa shape index (κ2) is 6.86. The van der Waals surface area contributed by atoms with Gasteiger partial charge in [-0.25, -0.2) is 0 Å². The van der Waals surface area contributed by atoms with Crippen LogP contribution in [0.4, 0.5) is 0 Å². The first-order valence-corrected chi connectivity index (χ1v) is 6.90. The SMILES string of the molecule is CCOC(=O)C(C)(C)[C@H](O)[C@@H](O)C(C)c1ccccc1. The molecule has 1 unspecified atom stereocenters. The first-order chi connectivity index (χ1) is 9.32. The van der Waals surface area contributed by atoms with E-state index in [1.807, 2.05) is 37.3 Å². The van der Waals surface area contributed by atoms with Crippen molar-refractivity contribution in [2.75, 3.05) is 6.61 Å². The Labute approximate surface area is 120 Å². The highest BCUT2D eigenvalue weighted by Crippen LogP contribution is 2.31. The van der Waals surface area contributed by atoms with E-state index in [2.05, 4.69) is 0 Å². The van der Waals surface area contributed by atoms with E-state index in [1.54, 1.807) is 20.8 Å². The molecule has 0 aliphatic heterocycles. The molecule has 0 bridgehead atoms. The van der Waals surface area contributed by atoms with Crippen LogP contribution < -0.4 is 0 Å². The predicted octanol–water partition coefficient (Wildman–Crippen LogP) is 2.10. The third kappa shape index (κ3) is 3.58. The van der Waals surface area contributed by atoms with Crippen LogP contribution in [0.5, 0.6) is 0 Å². The molecule has 0 aliphatic carbocycles. The lowest BCUT2D eigenvalue weighted by molar-refractivity contribution is -0.166. The zero-order chi connectivity index (χ0) is 15.3. The van der Waals surface area contributed by atoms with E-state index in [1.165, 1.54) is 0 Å². The molecule has 0 aliphatic rings. The Morgan fingerprint density at radius 1 is 1.25 bits per heavy atom. The van der Waals surface area contributed by atoms with Crippen molar-refractivity contribution >= 4 is 5.97 Å². The largest absolute Gasteiger partial charge is 0.466 e. The minimum absolute atomic E-state index is 0.249. The molecule has 3 atom stereocenters. The van der Waals surface area contributed by atoms with Gasteiger partial charge >= 0.3 is 5.97 Å². The van der Waals surface area contributed by atoms with Gasteiger partial charge in [0.05, 0.1) is 24.2 Å². The van der Waals surface area contributed by atoms with Crippen molar-refractivity contribution in [3.05, 3.63) is 35.9 Å². The van der Waals surface area contributed by atoms with Crippen LogP contribution in [0, 0.1) is 5.41 Å². The van der Waals surface area contributed by atoms with Crippen LogP contribution in [0.25, 0.3) is 0 Å². The quantitative estimate of drug-likeness (QED) is 0.783. The third-order valence-electron chi connectivity index (χ3n) is 3.70. The molecule has 112 valence electrons. The van der Waals surface area contributed by atoms with Crippen LogP contribution in [0.3, 0.4) is 0 Å². The number of benzene rings is 1. The lowest BCUT2D eigenvalue weighted by Gasteiger charge is -2.34. The Bertz CT molecular complexity index is 427. The highest BCUT2D eigenvalue weighted by molar-refractivity contribution is 5.76. The van der Waals surface area contributed by atoms with E-state index in [0.29, 0.717) is 0 Å². The molecule has 4 heteroatoms. The summed E-state index contributed by atoms with van der Waals surface area (Å²) >= 11 is 0. The van der Waals surface area contributed by atoms with E-state index in [9.17, 15) is 15.0 Å². The Balaban J connectivity index is 2.85. The molecule has 1 aromatic rings. The number of rotatable bonds is 6. The average Bonchev–Trinajstić information content (AvgIpc) is 2.46. The fourth-order valence-electron chi connectivity index (χ4n) is 2.09. The summed E-state index contributed by atoms with van der Waals surface area (Å²) in [5.41, 5.74) is -0.239. The standard InChI is InChI=1S/C16H24O4/c1-5-20-15(19)16(3,4)14(18)13(17)11(2)12-9-7-6-8-10-12/h6-11,13-14,17-18H,5H2,1-4H3/t11?,13-,14+/m0/s1. The van der Waals surface area contributed by atoms with Crippen molar-refractivity contribution in [2.45, 2.75) is 45.8 Å². The Morgan fingerprint density at radius 2 is 1.80 bits per heavy atom. The smallest absolute Gasteiger partial charge is 0.314 e. The molecule has 20 heavy (non-hydrogen) atoms. The summed E-state index contributed by atoms with van der Waals surface area (Å²) in [6, 6.07) is 9.42. The van der Waals surface area contributed by atoms with Crippen LogP contribution in [-0.2, 0) is 9.53 Å². The molecule has 0 radical (unpaired) electrons. The molecule has 1 aromatic carbocycles. The molecular formula is C16H24O4. The highest BCUT2D eigenvalue weighted by atomic mass is 16.5. The van der Waals surface area contributed by atoms with Crippen LogP contribution in [0.15, 0.2) is 30.3 Å². The van der Waals surface area contributed by atoms with Gasteiger partial charge in [-0.05, 0) is 26.3 Å². The van der Waals surface area contributed by atoms with Gasteiger partial charge in [0.2, 0.25) is 0 Å². The Kier molecular flexibility index (Phi) is 5.72. The summed E-state index contributed by atoms with van der Waals surface area (Å²) in [5, 5.41) is 20.7. The summed E-state index contributed by atoms with van der Waals surface area (Å²) in [7, 11) is 0. The molecular weight excluding hydrogens is 256 g/mol. The van der Waals surface area contributed by atoms with Gasteiger partial charge in [0.15, 0.2) is 0 Å². The molecule has 0 heterocycles. The van der Waals surface area contributed by atoms with Crippen molar-refractivity contribution in [3.8, 4) is 0 Å². The van der Waals surface area contributed by atoms with Gasteiger partial charge in [-0.15, -0.1) is 0 Å². The maximum atomic E-state index is 11.9. The van der Waals surface area contributed by atoms with Gasteiger partial charge in [-0.2, -0.15) is 0 Å². The maximum absolute atomic E-state index is 11.9. The molecule has 0 aromatic heterocycles. The first-order valence-electron chi connectivity index (χ1n) is 6.90. The topological polar surface area (TPSA) is 66.8 Å². The summed E-state index contributed by atoms with van der Waals surface area (Å²) in [6.45, 7) is 6.94. The van der Waals surface area contributed by atoms with Crippen LogP contribution >= 0.6 is 0 Å². The third-order valence-corrected chi connectivity index (χ3v) is 3.70. The number of ether oxygens (including phenoxy) is 1. The Morgan fingerprint density at radius 3 is 2.30 bits per heavy atom. The van der Waals surface area contributed by atoms with E-state index >= 15 is 0 Å². The van der Waals surface area contributed by atoms with E-state index in [-0.39, 0.29) is 12.5 Å². The molecule has 2 N–H and O–H groups in total. The van der Waals surface area contributed by atoms with Gasteiger partial charge in [0.1, 0.15) is 0 Å². The molecule has 0 saturated heterocycles. The highest BCUT2D eigenvalue weighted by Gasteiger charge is 2.42. The second-order valence-electron chi connectivity index (χ2n) is 5.58. The van der Waals surface area contributed by atoms with Crippen molar-refractivity contribution in [1.82, 2.24) is 0 Å². The predicted molar refractivity (Wildman–Crippen MR) is 77.3 cm³/mol. The summed E-state index contributed by atoms with van der Waals surface area (Å²) in [4.78, 5) is 11.9. The fraction of sp³-hybridized carbons (Fsp3) is 0.562. The van der Waals surface area contributed by atoms with Crippen molar-refractivity contribution in [2.24, 2.45) is 5.41 Å². The van der Waals surface area contributed by atoms with Crippen molar-refractivity contribution in [1.29, 1.82) is 0 Å². The van der Waals surface area contributed by atoms with Gasteiger partial charge in [0.25, 0.3) is 0 Å². The molecule has 0 spiro atoms. The van der Waals surface area contributed by atoms with Crippen LogP contribution in [0.2, 0.25) is 0 Å². The number of esters is 1. The minimum Gasteiger partial charge on any atom is -0.466 e. The number of hydrogen-bond acceptors (Lipinski definition) is 4. The van der Waals surface area contributed by atoms with Crippen LogP contribution in [0.1, 0.15) is 39.2 Å². The number of carbonyl (C=O) groups is 1. The monoisotopic (exact) mass is 280 g/mol. The second-order valence-corrected chi connectivity index (χ2v) is 5.58.